The number of esters is 1. The summed E-state index contributed by atoms with van der Waals surface area (Å²) in [5.74, 6) is 0.120. The minimum atomic E-state index is -0.988. The van der Waals surface area contributed by atoms with Crippen molar-refractivity contribution in [1.82, 2.24) is 0 Å². The molecule has 1 saturated carbocycles. The highest BCUT2D eigenvalue weighted by molar-refractivity contribution is 5.85. The van der Waals surface area contributed by atoms with Gasteiger partial charge < -0.3 is 9.84 Å². The van der Waals surface area contributed by atoms with Crippen LogP contribution in [0, 0.1) is 11.8 Å². The normalized spacial score (nSPS) is 19.7. The van der Waals surface area contributed by atoms with E-state index in [1.807, 2.05) is 6.08 Å². The summed E-state index contributed by atoms with van der Waals surface area (Å²) in [6, 6.07) is 6.89. The topological polar surface area (TPSA) is 63.6 Å². The Hall–Kier alpha value is -2.36. The van der Waals surface area contributed by atoms with Crippen molar-refractivity contribution in [2.45, 2.75) is 57.8 Å². The van der Waals surface area contributed by atoms with Crippen LogP contribution in [0.5, 0.6) is 5.75 Å². The van der Waals surface area contributed by atoms with E-state index in [-0.39, 0.29) is 11.9 Å². The van der Waals surface area contributed by atoms with Crippen molar-refractivity contribution >= 4 is 18.0 Å². The van der Waals surface area contributed by atoms with Crippen LogP contribution in [0.1, 0.15) is 63.4 Å². The molecule has 1 aromatic rings. The molecule has 1 N–H and O–H groups in total. The minimum Gasteiger partial charge on any atom is -0.478 e. The van der Waals surface area contributed by atoms with Gasteiger partial charge >= 0.3 is 11.9 Å². The molecule has 0 atom stereocenters. The van der Waals surface area contributed by atoms with Gasteiger partial charge in [-0.15, -0.1) is 6.58 Å². The molecule has 27 heavy (non-hydrogen) atoms. The summed E-state index contributed by atoms with van der Waals surface area (Å²) >= 11 is 0. The summed E-state index contributed by atoms with van der Waals surface area (Å²) in [5.41, 5.74) is 0.755. The van der Waals surface area contributed by atoms with Gasteiger partial charge in [0.25, 0.3) is 0 Å². The number of hydrogen-bond acceptors (Lipinski definition) is 3. The van der Waals surface area contributed by atoms with E-state index in [1.165, 1.54) is 31.8 Å². The number of carboxylic acid groups (broad SMARTS) is 1. The van der Waals surface area contributed by atoms with Gasteiger partial charge in [0.1, 0.15) is 5.75 Å². The predicted molar refractivity (Wildman–Crippen MR) is 107 cm³/mol. The Balaban J connectivity index is 1.71. The van der Waals surface area contributed by atoms with Crippen molar-refractivity contribution in [1.29, 1.82) is 0 Å². The van der Waals surface area contributed by atoms with E-state index < -0.39 is 5.97 Å². The fraction of sp³-hybridized carbons (Fsp3) is 0.478. The van der Waals surface area contributed by atoms with Crippen molar-refractivity contribution in [3.63, 3.8) is 0 Å². The standard InChI is InChI=1S/C23H30O4/c1-2-3-4-5-6-7-18-8-13-20(14-9-18)23(26)27-21-15-10-19(11-16-21)12-17-22(24)25/h2,10-12,15-18,20H,1,3-9,13-14H2,(H,24,25). The fourth-order valence-corrected chi connectivity index (χ4v) is 3.60. The number of carbonyl (C=O) groups is 2. The van der Waals surface area contributed by atoms with E-state index in [0.717, 1.165) is 49.7 Å². The first-order chi connectivity index (χ1) is 13.1. The largest absolute Gasteiger partial charge is 0.478 e. The molecule has 2 rings (SSSR count). The Bertz CT molecular complexity index is 637. The molecule has 146 valence electrons. The summed E-state index contributed by atoms with van der Waals surface area (Å²) in [6.07, 6.45) is 14.8. The van der Waals surface area contributed by atoms with Crippen LogP contribution in [0.25, 0.3) is 6.08 Å². The van der Waals surface area contributed by atoms with E-state index in [1.54, 1.807) is 24.3 Å². The van der Waals surface area contributed by atoms with Crippen LogP contribution in [-0.2, 0) is 9.59 Å². The molecule has 0 unspecified atom stereocenters. The zero-order chi connectivity index (χ0) is 19.5. The lowest BCUT2D eigenvalue weighted by Gasteiger charge is -2.27. The highest BCUT2D eigenvalue weighted by Gasteiger charge is 2.27. The third-order valence-electron chi connectivity index (χ3n) is 5.22. The number of ether oxygens (including phenoxy) is 1. The van der Waals surface area contributed by atoms with Crippen LogP contribution < -0.4 is 4.74 Å². The summed E-state index contributed by atoms with van der Waals surface area (Å²) in [4.78, 5) is 22.9. The van der Waals surface area contributed by atoms with E-state index in [2.05, 4.69) is 6.58 Å². The molecule has 4 nitrogen and oxygen atoms in total. The molecule has 1 aromatic carbocycles. The van der Waals surface area contributed by atoms with Gasteiger partial charge in [0.05, 0.1) is 5.92 Å². The maximum absolute atomic E-state index is 12.4. The monoisotopic (exact) mass is 370 g/mol. The molecule has 0 radical (unpaired) electrons. The average molecular weight is 370 g/mol. The lowest BCUT2D eigenvalue weighted by atomic mass is 9.80. The zero-order valence-electron chi connectivity index (χ0n) is 15.9. The van der Waals surface area contributed by atoms with Gasteiger partial charge in [-0.3, -0.25) is 4.79 Å². The first kappa shape index (κ1) is 20.9. The van der Waals surface area contributed by atoms with E-state index >= 15 is 0 Å². The fourth-order valence-electron chi connectivity index (χ4n) is 3.60. The van der Waals surface area contributed by atoms with Crippen LogP contribution in [0.2, 0.25) is 0 Å². The highest BCUT2D eigenvalue weighted by Crippen LogP contribution is 2.33. The Labute approximate surface area is 161 Å². The second-order valence-corrected chi connectivity index (χ2v) is 7.31. The van der Waals surface area contributed by atoms with Crippen molar-refractivity contribution < 1.29 is 19.4 Å². The molecule has 1 fully saturated rings. The summed E-state index contributed by atoms with van der Waals surface area (Å²) in [5, 5.41) is 8.63. The van der Waals surface area contributed by atoms with Crippen LogP contribution in [0.4, 0.5) is 0 Å². The number of carboxylic acids is 1. The van der Waals surface area contributed by atoms with Gasteiger partial charge in [-0.1, -0.05) is 37.5 Å². The molecule has 0 aliphatic heterocycles. The van der Waals surface area contributed by atoms with Gasteiger partial charge in [-0.25, -0.2) is 4.79 Å². The van der Waals surface area contributed by atoms with E-state index in [4.69, 9.17) is 9.84 Å². The molecule has 0 amide bonds. The molecule has 1 aliphatic rings. The number of unbranched alkanes of at least 4 members (excludes halogenated alkanes) is 3. The second-order valence-electron chi connectivity index (χ2n) is 7.31. The van der Waals surface area contributed by atoms with Gasteiger partial charge in [0, 0.05) is 6.08 Å². The van der Waals surface area contributed by atoms with Crippen molar-refractivity contribution in [3.05, 3.63) is 48.6 Å². The molecular weight excluding hydrogens is 340 g/mol. The number of rotatable bonds is 10. The molecule has 0 aromatic heterocycles. The lowest BCUT2D eigenvalue weighted by Crippen LogP contribution is -2.25. The van der Waals surface area contributed by atoms with Crippen LogP contribution in [0.3, 0.4) is 0 Å². The third kappa shape index (κ3) is 7.81. The maximum atomic E-state index is 12.4. The van der Waals surface area contributed by atoms with E-state index in [9.17, 15) is 9.59 Å². The average Bonchev–Trinajstić information content (AvgIpc) is 2.67. The number of hydrogen-bond donors (Lipinski definition) is 1. The van der Waals surface area contributed by atoms with Crippen LogP contribution in [-0.4, -0.2) is 17.0 Å². The number of allylic oxidation sites excluding steroid dienone is 1. The first-order valence-electron chi connectivity index (χ1n) is 9.92. The lowest BCUT2D eigenvalue weighted by molar-refractivity contribution is -0.140. The van der Waals surface area contributed by atoms with Gasteiger partial charge in [0.2, 0.25) is 0 Å². The summed E-state index contributed by atoms with van der Waals surface area (Å²) in [7, 11) is 0. The first-order valence-corrected chi connectivity index (χ1v) is 9.92. The molecule has 0 spiro atoms. The minimum absolute atomic E-state index is 0.00593. The van der Waals surface area contributed by atoms with Crippen molar-refractivity contribution in [2.24, 2.45) is 11.8 Å². The Morgan fingerprint density at radius 1 is 1.07 bits per heavy atom. The van der Waals surface area contributed by atoms with E-state index in [0.29, 0.717) is 5.75 Å². The second kappa shape index (κ2) is 11.4. The molecule has 4 heteroatoms. The molecule has 0 heterocycles. The zero-order valence-corrected chi connectivity index (χ0v) is 15.9. The summed E-state index contributed by atoms with van der Waals surface area (Å²) in [6.45, 7) is 3.75. The predicted octanol–water partition coefficient (Wildman–Crippen LogP) is 5.63. The number of benzene rings is 1. The quantitative estimate of drug-likeness (QED) is 0.190. The maximum Gasteiger partial charge on any atom is 0.328 e. The Morgan fingerprint density at radius 2 is 1.78 bits per heavy atom. The SMILES string of the molecule is C=CCCCCCC1CCC(C(=O)Oc2ccc(C=CC(=O)O)cc2)CC1. The van der Waals surface area contributed by atoms with Crippen LogP contribution in [0.15, 0.2) is 43.0 Å². The van der Waals surface area contributed by atoms with Gasteiger partial charge in [-0.05, 0) is 68.2 Å². The molecule has 1 aliphatic carbocycles. The van der Waals surface area contributed by atoms with Crippen molar-refractivity contribution in [2.75, 3.05) is 0 Å². The van der Waals surface area contributed by atoms with Crippen LogP contribution >= 0.6 is 0 Å². The Kier molecular flexibility index (Phi) is 8.82. The van der Waals surface area contributed by atoms with Gasteiger partial charge in [0.15, 0.2) is 0 Å². The number of carbonyl (C=O) groups excluding carboxylic acids is 1. The smallest absolute Gasteiger partial charge is 0.328 e. The Morgan fingerprint density at radius 3 is 2.41 bits per heavy atom. The highest BCUT2D eigenvalue weighted by atomic mass is 16.5. The van der Waals surface area contributed by atoms with Gasteiger partial charge in [-0.2, -0.15) is 0 Å². The van der Waals surface area contributed by atoms with Crippen molar-refractivity contribution in [3.8, 4) is 5.75 Å². The molecular formula is C23H30O4. The number of aliphatic carboxylic acids is 1. The molecule has 0 bridgehead atoms. The summed E-state index contributed by atoms with van der Waals surface area (Å²) < 4.78 is 5.51. The third-order valence-corrected chi connectivity index (χ3v) is 5.22. The molecule has 0 saturated heterocycles.